The second-order valence-electron chi connectivity index (χ2n) is 7.01. The predicted molar refractivity (Wildman–Crippen MR) is 93.4 cm³/mol. The number of hydrogen-bond acceptors (Lipinski definition) is 4. The van der Waals surface area contributed by atoms with Crippen LogP contribution in [0.2, 0.25) is 0 Å². The molecule has 1 saturated heterocycles. The van der Waals surface area contributed by atoms with Crippen molar-refractivity contribution in [2.45, 2.75) is 52.2 Å². The minimum Gasteiger partial charge on any atom is -0.481 e. The van der Waals surface area contributed by atoms with Gasteiger partial charge in [-0.1, -0.05) is 25.1 Å². The molecular formula is C18H24BNO3. The molecular weight excluding hydrogens is 289 g/mol. The average molecular weight is 313 g/mol. The monoisotopic (exact) mass is 313 g/mol. The van der Waals surface area contributed by atoms with Crippen molar-refractivity contribution in [3.8, 4) is 5.88 Å². The Balaban J connectivity index is 2.20. The number of hydrogen-bond donors (Lipinski definition) is 0. The first-order valence-electron chi connectivity index (χ1n) is 8.11. The lowest BCUT2D eigenvalue weighted by atomic mass is 9.79. The summed E-state index contributed by atoms with van der Waals surface area (Å²) in [4.78, 5) is 4.67. The van der Waals surface area contributed by atoms with Gasteiger partial charge in [-0.2, -0.15) is 0 Å². The lowest BCUT2D eigenvalue weighted by molar-refractivity contribution is 0.00578. The summed E-state index contributed by atoms with van der Waals surface area (Å²) in [5.41, 5.74) is 1.25. The van der Waals surface area contributed by atoms with Gasteiger partial charge >= 0.3 is 7.12 Å². The SMILES string of the molecule is CCc1cccc2cc(OC)nc(B3OC(C)(C)C(C)(C)O3)c12. The van der Waals surface area contributed by atoms with Crippen LogP contribution < -0.4 is 10.3 Å². The van der Waals surface area contributed by atoms with Gasteiger partial charge in [-0.3, -0.25) is 0 Å². The Labute approximate surface area is 138 Å². The van der Waals surface area contributed by atoms with Crippen molar-refractivity contribution >= 4 is 23.5 Å². The molecule has 0 saturated carbocycles. The van der Waals surface area contributed by atoms with Gasteiger partial charge in [0.1, 0.15) is 0 Å². The second kappa shape index (κ2) is 5.50. The van der Waals surface area contributed by atoms with E-state index in [1.807, 2.05) is 6.07 Å². The van der Waals surface area contributed by atoms with E-state index < -0.39 is 18.3 Å². The topological polar surface area (TPSA) is 40.6 Å². The van der Waals surface area contributed by atoms with Crippen molar-refractivity contribution in [3.63, 3.8) is 0 Å². The molecule has 1 aromatic heterocycles. The summed E-state index contributed by atoms with van der Waals surface area (Å²) in [6.07, 6.45) is 0.928. The molecule has 1 fully saturated rings. The molecule has 0 N–H and O–H groups in total. The highest BCUT2D eigenvalue weighted by Gasteiger charge is 2.53. The molecule has 4 nitrogen and oxygen atoms in total. The number of aryl methyl sites for hydroxylation is 1. The first-order valence-corrected chi connectivity index (χ1v) is 8.11. The average Bonchev–Trinajstić information content (AvgIpc) is 2.73. The van der Waals surface area contributed by atoms with Gasteiger partial charge in [-0.25, -0.2) is 4.98 Å². The molecule has 0 aliphatic carbocycles. The normalized spacial score (nSPS) is 19.3. The van der Waals surface area contributed by atoms with Crippen molar-refractivity contribution < 1.29 is 14.0 Å². The summed E-state index contributed by atoms with van der Waals surface area (Å²) < 4.78 is 17.8. The summed E-state index contributed by atoms with van der Waals surface area (Å²) in [5, 5.41) is 2.20. The number of nitrogens with zero attached hydrogens (tertiary/aromatic N) is 1. The number of aromatic nitrogens is 1. The number of benzene rings is 1. The van der Waals surface area contributed by atoms with E-state index in [0.29, 0.717) is 5.88 Å². The third kappa shape index (κ3) is 2.62. The maximum Gasteiger partial charge on any atom is 0.515 e. The molecule has 0 bridgehead atoms. The van der Waals surface area contributed by atoms with Crippen LogP contribution in [0.25, 0.3) is 10.8 Å². The molecule has 0 unspecified atom stereocenters. The van der Waals surface area contributed by atoms with Gasteiger partial charge in [0.05, 0.1) is 23.9 Å². The molecule has 5 heteroatoms. The van der Waals surface area contributed by atoms with Crippen molar-refractivity contribution in [2.75, 3.05) is 7.11 Å². The molecule has 2 aromatic rings. The van der Waals surface area contributed by atoms with Crippen LogP contribution in [0.1, 0.15) is 40.2 Å². The predicted octanol–water partition coefficient (Wildman–Crippen LogP) is 3.11. The van der Waals surface area contributed by atoms with Gasteiger partial charge in [0.25, 0.3) is 0 Å². The molecule has 23 heavy (non-hydrogen) atoms. The van der Waals surface area contributed by atoms with Gasteiger partial charge < -0.3 is 14.0 Å². The first-order chi connectivity index (χ1) is 10.8. The molecule has 1 aliphatic rings. The van der Waals surface area contributed by atoms with Gasteiger partial charge in [0, 0.05) is 11.5 Å². The van der Waals surface area contributed by atoms with Crippen molar-refractivity contribution in [1.82, 2.24) is 4.98 Å². The summed E-state index contributed by atoms with van der Waals surface area (Å²) in [6, 6.07) is 8.23. The Morgan fingerprint density at radius 2 is 1.78 bits per heavy atom. The number of pyridine rings is 1. The van der Waals surface area contributed by atoms with E-state index in [4.69, 9.17) is 14.0 Å². The van der Waals surface area contributed by atoms with Crippen LogP contribution in [-0.4, -0.2) is 30.4 Å². The molecule has 0 spiro atoms. The van der Waals surface area contributed by atoms with Gasteiger partial charge in [-0.15, -0.1) is 0 Å². The van der Waals surface area contributed by atoms with Crippen LogP contribution in [-0.2, 0) is 15.7 Å². The first kappa shape index (κ1) is 16.3. The number of methoxy groups -OCH3 is 1. The minimum atomic E-state index is -0.495. The van der Waals surface area contributed by atoms with E-state index in [2.05, 4.69) is 57.8 Å². The van der Waals surface area contributed by atoms with E-state index >= 15 is 0 Å². The molecule has 2 heterocycles. The third-order valence-electron chi connectivity index (χ3n) is 5.02. The molecule has 0 amide bonds. The van der Waals surface area contributed by atoms with Crippen molar-refractivity contribution in [3.05, 3.63) is 29.8 Å². The Morgan fingerprint density at radius 3 is 2.35 bits per heavy atom. The number of ether oxygens (including phenoxy) is 1. The van der Waals surface area contributed by atoms with Gasteiger partial charge in [-0.05, 0) is 45.1 Å². The molecule has 0 radical (unpaired) electrons. The smallest absolute Gasteiger partial charge is 0.481 e. The van der Waals surface area contributed by atoms with Gasteiger partial charge in [0.15, 0.2) is 0 Å². The van der Waals surface area contributed by atoms with Crippen LogP contribution >= 0.6 is 0 Å². The lowest BCUT2D eigenvalue weighted by Gasteiger charge is -2.32. The van der Waals surface area contributed by atoms with Crippen LogP contribution in [0.3, 0.4) is 0 Å². The molecule has 0 atom stereocenters. The zero-order valence-electron chi connectivity index (χ0n) is 14.8. The van der Waals surface area contributed by atoms with E-state index in [1.165, 1.54) is 5.56 Å². The lowest BCUT2D eigenvalue weighted by Crippen LogP contribution is -2.41. The van der Waals surface area contributed by atoms with Crippen LogP contribution in [0, 0.1) is 0 Å². The fraction of sp³-hybridized carbons (Fsp3) is 0.500. The number of rotatable bonds is 3. The Bertz CT molecular complexity index is 726. The van der Waals surface area contributed by atoms with Crippen LogP contribution in [0.5, 0.6) is 5.88 Å². The highest BCUT2D eigenvalue weighted by atomic mass is 16.7. The fourth-order valence-electron chi connectivity index (χ4n) is 2.92. The summed E-state index contributed by atoms with van der Waals surface area (Å²) >= 11 is 0. The molecule has 3 rings (SSSR count). The number of fused-ring (bicyclic) bond motifs is 1. The van der Waals surface area contributed by atoms with Crippen LogP contribution in [0.15, 0.2) is 24.3 Å². The summed E-state index contributed by atoms with van der Waals surface area (Å²) in [7, 11) is 1.14. The highest BCUT2D eigenvalue weighted by Crippen LogP contribution is 2.37. The summed E-state index contributed by atoms with van der Waals surface area (Å²) in [5.74, 6) is 0.579. The van der Waals surface area contributed by atoms with Gasteiger partial charge in [0.2, 0.25) is 5.88 Å². The van der Waals surface area contributed by atoms with E-state index in [9.17, 15) is 0 Å². The minimum absolute atomic E-state index is 0.393. The van der Waals surface area contributed by atoms with E-state index in [-0.39, 0.29) is 0 Å². The maximum absolute atomic E-state index is 6.22. The zero-order chi connectivity index (χ0) is 16.8. The molecule has 1 aliphatic heterocycles. The zero-order valence-corrected chi connectivity index (χ0v) is 14.8. The van der Waals surface area contributed by atoms with Crippen molar-refractivity contribution in [2.24, 2.45) is 0 Å². The summed E-state index contributed by atoms with van der Waals surface area (Å²) in [6.45, 7) is 10.4. The molecule has 1 aromatic carbocycles. The highest BCUT2D eigenvalue weighted by molar-refractivity contribution is 6.64. The largest absolute Gasteiger partial charge is 0.515 e. The van der Waals surface area contributed by atoms with E-state index in [0.717, 1.165) is 22.8 Å². The standard InChI is InChI=1S/C18H24BNO3/c1-7-12-9-8-10-13-11-14(21-6)20-16(15(12)13)19-22-17(2,3)18(4,5)23-19/h8-11H,7H2,1-6H3. The Hall–Kier alpha value is -1.59. The molecule has 122 valence electrons. The van der Waals surface area contributed by atoms with Crippen molar-refractivity contribution in [1.29, 1.82) is 0 Å². The quantitative estimate of drug-likeness (QED) is 0.817. The second-order valence-corrected chi connectivity index (χ2v) is 7.01. The Kier molecular flexibility index (Phi) is 3.89. The third-order valence-corrected chi connectivity index (χ3v) is 5.02. The van der Waals surface area contributed by atoms with E-state index in [1.54, 1.807) is 7.11 Å². The Morgan fingerprint density at radius 1 is 1.13 bits per heavy atom. The van der Waals surface area contributed by atoms with Crippen LogP contribution in [0.4, 0.5) is 0 Å². The fourth-order valence-corrected chi connectivity index (χ4v) is 2.92. The maximum atomic E-state index is 6.22.